The Balaban J connectivity index is 1.93. The third kappa shape index (κ3) is 3.47. The minimum Gasteiger partial charge on any atom is -0.374 e. The highest BCUT2D eigenvalue weighted by Crippen LogP contribution is 2.19. The summed E-state index contributed by atoms with van der Waals surface area (Å²) >= 11 is 0. The summed E-state index contributed by atoms with van der Waals surface area (Å²) in [5, 5.41) is 3.36. The zero-order chi connectivity index (χ0) is 13.0. The molecule has 1 heterocycles. The Morgan fingerprint density at radius 2 is 2.06 bits per heavy atom. The normalized spacial score (nSPS) is 20.1. The second-order valence-electron chi connectivity index (χ2n) is 5.32. The van der Waals surface area contributed by atoms with E-state index in [9.17, 15) is 0 Å². The molecule has 0 radical (unpaired) electrons. The van der Waals surface area contributed by atoms with Gasteiger partial charge >= 0.3 is 0 Å². The minimum atomic E-state index is 0.300. The molecule has 2 rings (SSSR count). The quantitative estimate of drug-likeness (QED) is 0.884. The van der Waals surface area contributed by atoms with Crippen LogP contribution >= 0.6 is 0 Å². The van der Waals surface area contributed by atoms with Crippen molar-refractivity contribution in [1.82, 2.24) is 5.32 Å². The Bertz CT molecular complexity index is 355. The van der Waals surface area contributed by atoms with Crippen molar-refractivity contribution in [2.24, 2.45) is 0 Å². The fraction of sp³-hybridized carbons (Fsp3) is 0.600. The van der Waals surface area contributed by atoms with Gasteiger partial charge < -0.3 is 15.0 Å². The molecular formula is C15H24N2O. The molecule has 1 N–H and O–H groups in total. The molecule has 1 fully saturated rings. The second kappa shape index (κ2) is 6.21. The Hall–Kier alpha value is -1.06. The number of hydrogen-bond acceptors (Lipinski definition) is 3. The van der Waals surface area contributed by atoms with Crippen LogP contribution in [0.5, 0.6) is 0 Å². The van der Waals surface area contributed by atoms with Crippen molar-refractivity contribution < 1.29 is 4.74 Å². The molecule has 0 spiro atoms. The van der Waals surface area contributed by atoms with E-state index in [-0.39, 0.29) is 0 Å². The number of likely N-dealkylation sites (N-methyl/N-ethyl adjacent to an activating group) is 1. The van der Waals surface area contributed by atoms with Gasteiger partial charge in [-0.25, -0.2) is 0 Å². The van der Waals surface area contributed by atoms with Crippen LogP contribution in [0, 0.1) is 0 Å². The summed E-state index contributed by atoms with van der Waals surface area (Å²) in [5.74, 6) is 0.593. The molecule has 0 aromatic heterocycles. The summed E-state index contributed by atoms with van der Waals surface area (Å²) in [6.07, 6.45) is 0.300. The topological polar surface area (TPSA) is 24.5 Å². The highest BCUT2D eigenvalue weighted by atomic mass is 16.5. The van der Waals surface area contributed by atoms with Gasteiger partial charge in [-0.1, -0.05) is 26.0 Å². The molecule has 18 heavy (non-hydrogen) atoms. The van der Waals surface area contributed by atoms with Crippen LogP contribution in [0.4, 0.5) is 5.69 Å². The van der Waals surface area contributed by atoms with Crippen molar-refractivity contribution in [2.45, 2.75) is 25.9 Å². The SMILES string of the molecule is CC(C)c1ccc(N(C)CC2CNCCO2)cc1. The molecule has 0 bridgehead atoms. The van der Waals surface area contributed by atoms with Gasteiger partial charge in [0, 0.05) is 32.4 Å². The van der Waals surface area contributed by atoms with Crippen LogP contribution in [0.15, 0.2) is 24.3 Å². The minimum absolute atomic E-state index is 0.300. The Labute approximate surface area is 110 Å². The zero-order valence-corrected chi connectivity index (χ0v) is 11.6. The molecule has 1 aromatic carbocycles. The molecular weight excluding hydrogens is 224 g/mol. The van der Waals surface area contributed by atoms with Gasteiger partial charge in [-0.2, -0.15) is 0 Å². The second-order valence-corrected chi connectivity index (χ2v) is 5.32. The van der Waals surface area contributed by atoms with Crippen LogP contribution in [-0.2, 0) is 4.74 Å². The number of benzene rings is 1. The van der Waals surface area contributed by atoms with Gasteiger partial charge in [-0.15, -0.1) is 0 Å². The first kappa shape index (κ1) is 13.4. The molecule has 3 heteroatoms. The number of morpholine rings is 1. The van der Waals surface area contributed by atoms with Crippen LogP contribution in [0.1, 0.15) is 25.3 Å². The molecule has 0 aliphatic carbocycles. The van der Waals surface area contributed by atoms with Crippen LogP contribution in [0.25, 0.3) is 0 Å². The van der Waals surface area contributed by atoms with Crippen molar-refractivity contribution in [3.8, 4) is 0 Å². The molecule has 1 aliphatic heterocycles. The van der Waals surface area contributed by atoms with Gasteiger partial charge in [0.05, 0.1) is 12.7 Å². The maximum absolute atomic E-state index is 5.73. The third-order valence-electron chi connectivity index (χ3n) is 3.48. The fourth-order valence-electron chi connectivity index (χ4n) is 2.26. The summed E-state index contributed by atoms with van der Waals surface area (Å²) in [7, 11) is 2.13. The number of ether oxygens (including phenoxy) is 1. The largest absolute Gasteiger partial charge is 0.374 e. The molecule has 3 nitrogen and oxygen atoms in total. The molecule has 1 unspecified atom stereocenters. The van der Waals surface area contributed by atoms with E-state index in [2.05, 4.69) is 55.4 Å². The summed E-state index contributed by atoms with van der Waals surface area (Å²) in [4.78, 5) is 2.27. The Morgan fingerprint density at radius 1 is 1.33 bits per heavy atom. The number of nitrogens with one attached hydrogen (secondary N) is 1. The van der Waals surface area contributed by atoms with Crippen LogP contribution in [0.2, 0.25) is 0 Å². The lowest BCUT2D eigenvalue weighted by Crippen LogP contribution is -2.44. The van der Waals surface area contributed by atoms with E-state index < -0.39 is 0 Å². The highest BCUT2D eigenvalue weighted by molar-refractivity contribution is 5.47. The predicted molar refractivity (Wildman–Crippen MR) is 76.4 cm³/mol. The maximum Gasteiger partial charge on any atom is 0.0874 e. The average Bonchev–Trinajstić information content (AvgIpc) is 2.40. The van der Waals surface area contributed by atoms with Gasteiger partial charge in [0.1, 0.15) is 0 Å². The van der Waals surface area contributed by atoms with Crippen LogP contribution in [0.3, 0.4) is 0 Å². The number of nitrogens with zero attached hydrogens (tertiary/aromatic N) is 1. The molecule has 100 valence electrons. The lowest BCUT2D eigenvalue weighted by Gasteiger charge is -2.29. The molecule has 1 aromatic rings. The molecule has 0 saturated carbocycles. The zero-order valence-electron chi connectivity index (χ0n) is 11.6. The first-order chi connectivity index (χ1) is 8.66. The van der Waals surface area contributed by atoms with Crippen molar-refractivity contribution in [2.75, 3.05) is 38.2 Å². The van der Waals surface area contributed by atoms with E-state index in [0.717, 1.165) is 26.2 Å². The highest BCUT2D eigenvalue weighted by Gasteiger charge is 2.15. The van der Waals surface area contributed by atoms with Crippen molar-refractivity contribution >= 4 is 5.69 Å². The smallest absolute Gasteiger partial charge is 0.0874 e. The van der Waals surface area contributed by atoms with E-state index in [1.165, 1.54) is 11.3 Å². The van der Waals surface area contributed by atoms with E-state index in [0.29, 0.717) is 12.0 Å². The Kier molecular flexibility index (Phi) is 4.61. The van der Waals surface area contributed by atoms with E-state index in [1.54, 1.807) is 0 Å². The molecule has 0 amide bonds. The van der Waals surface area contributed by atoms with E-state index in [1.807, 2.05) is 0 Å². The third-order valence-corrected chi connectivity index (χ3v) is 3.48. The first-order valence-electron chi connectivity index (χ1n) is 6.80. The van der Waals surface area contributed by atoms with Gasteiger partial charge in [0.25, 0.3) is 0 Å². The average molecular weight is 248 g/mol. The summed E-state index contributed by atoms with van der Waals surface area (Å²) < 4.78 is 5.73. The maximum atomic E-state index is 5.73. The predicted octanol–water partition coefficient (Wildman–Crippen LogP) is 2.23. The lowest BCUT2D eigenvalue weighted by molar-refractivity contribution is 0.0340. The van der Waals surface area contributed by atoms with Crippen molar-refractivity contribution in [3.63, 3.8) is 0 Å². The van der Waals surface area contributed by atoms with E-state index >= 15 is 0 Å². The molecule has 1 atom stereocenters. The number of rotatable bonds is 4. The van der Waals surface area contributed by atoms with Crippen LogP contribution < -0.4 is 10.2 Å². The van der Waals surface area contributed by atoms with Gasteiger partial charge in [0.2, 0.25) is 0 Å². The lowest BCUT2D eigenvalue weighted by atomic mass is 10.0. The number of anilines is 1. The molecule has 1 saturated heterocycles. The summed E-state index contributed by atoms with van der Waals surface area (Å²) in [6.45, 7) is 8.14. The van der Waals surface area contributed by atoms with Crippen molar-refractivity contribution in [3.05, 3.63) is 29.8 Å². The number of hydrogen-bond donors (Lipinski definition) is 1. The molecule has 1 aliphatic rings. The van der Waals surface area contributed by atoms with E-state index in [4.69, 9.17) is 4.74 Å². The summed E-state index contributed by atoms with van der Waals surface area (Å²) in [5.41, 5.74) is 2.65. The summed E-state index contributed by atoms with van der Waals surface area (Å²) in [6, 6.07) is 8.84. The standard InChI is InChI=1S/C15H24N2O/c1-12(2)13-4-6-14(7-5-13)17(3)11-15-10-16-8-9-18-15/h4-7,12,15-16H,8-11H2,1-3H3. The first-order valence-corrected chi connectivity index (χ1v) is 6.80. The van der Waals surface area contributed by atoms with Gasteiger partial charge in [-0.3, -0.25) is 0 Å². The fourth-order valence-corrected chi connectivity index (χ4v) is 2.26. The Morgan fingerprint density at radius 3 is 2.61 bits per heavy atom. The van der Waals surface area contributed by atoms with Gasteiger partial charge in [0.15, 0.2) is 0 Å². The van der Waals surface area contributed by atoms with Gasteiger partial charge in [-0.05, 0) is 23.6 Å². The van der Waals surface area contributed by atoms with Crippen LogP contribution in [-0.4, -0.2) is 39.4 Å². The van der Waals surface area contributed by atoms with Crippen molar-refractivity contribution in [1.29, 1.82) is 0 Å². The monoisotopic (exact) mass is 248 g/mol.